The number of anilines is 1. The van der Waals surface area contributed by atoms with Crippen molar-refractivity contribution in [3.05, 3.63) is 58.1 Å². The summed E-state index contributed by atoms with van der Waals surface area (Å²) < 4.78 is 5.29. The van der Waals surface area contributed by atoms with E-state index in [4.69, 9.17) is 4.74 Å². The zero-order chi connectivity index (χ0) is 29.8. The molecule has 2 amide bonds. The number of Topliss-reactive ketones (excluding diaryl/α,β-unsaturated/α-hetero) is 1. The first-order valence-electron chi connectivity index (χ1n) is 14.5. The van der Waals surface area contributed by atoms with E-state index in [2.05, 4.69) is 17.6 Å². The van der Waals surface area contributed by atoms with Crippen LogP contribution in [0.4, 0.5) is 5.69 Å². The van der Waals surface area contributed by atoms with Gasteiger partial charge in [0.25, 0.3) is 5.91 Å². The predicted molar refractivity (Wildman–Crippen MR) is 164 cm³/mol. The van der Waals surface area contributed by atoms with Gasteiger partial charge in [-0.05, 0) is 108 Å². The number of carbonyl (C=O) groups excluding carboxylic acids is 3. The third-order valence-corrected chi connectivity index (χ3v) is 7.78. The molecule has 40 heavy (non-hydrogen) atoms. The van der Waals surface area contributed by atoms with Gasteiger partial charge in [0.1, 0.15) is 5.75 Å². The van der Waals surface area contributed by atoms with E-state index in [0.29, 0.717) is 17.7 Å². The Kier molecular flexibility index (Phi) is 13.3. The van der Waals surface area contributed by atoms with Crippen LogP contribution in [-0.4, -0.2) is 56.8 Å². The summed E-state index contributed by atoms with van der Waals surface area (Å²) in [6.07, 6.45) is 6.45. The minimum absolute atomic E-state index is 0.00731. The Morgan fingerprint density at radius 2 is 1.65 bits per heavy atom. The molecule has 2 N–H and O–H groups in total. The summed E-state index contributed by atoms with van der Waals surface area (Å²) in [7, 11) is 5.57. The van der Waals surface area contributed by atoms with Gasteiger partial charge in [-0.3, -0.25) is 14.4 Å². The van der Waals surface area contributed by atoms with Crippen molar-refractivity contribution in [2.24, 2.45) is 11.8 Å². The summed E-state index contributed by atoms with van der Waals surface area (Å²) in [5.41, 5.74) is 5.15. The summed E-state index contributed by atoms with van der Waals surface area (Å²) in [6.45, 7) is 11.1. The second-order valence-electron chi connectivity index (χ2n) is 11.1. The highest BCUT2D eigenvalue weighted by Gasteiger charge is 2.25. The van der Waals surface area contributed by atoms with E-state index in [1.807, 2.05) is 64.0 Å². The van der Waals surface area contributed by atoms with Crippen molar-refractivity contribution < 1.29 is 19.1 Å². The van der Waals surface area contributed by atoms with Crippen molar-refractivity contribution in [3.63, 3.8) is 0 Å². The van der Waals surface area contributed by atoms with Crippen molar-refractivity contribution in [3.8, 4) is 5.75 Å². The van der Waals surface area contributed by atoms with Gasteiger partial charge in [-0.15, -0.1) is 0 Å². The zero-order valence-electron chi connectivity index (χ0n) is 25.8. The number of rotatable bonds is 10. The third-order valence-electron chi connectivity index (χ3n) is 7.78. The predicted octanol–water partition coefficient (Wildman–Crippen LogP) is 6.21. The van der Waals surface area contributed by atoms with Crippen molar-refractivity contribution in [1.29, 1.82) is 0 Å². The van der Waals surface area contributed by atoms with Gasteiger partial charge < -0.3 is 20.3 Å². The molecule has 0 radical (unpaired) electrons. The van der Waals surface area contributed by atoms with Crippen LogP contribution in [0.1, 0.15) is 90.3 Å². The highest BCUT2D eigenvalue weighted by atomic mass is 16.5. The Bertz CT molecular complexity index is 1150. The second kappa shape index (κ2) is 16.2. The standard InChI is InChI=1S/C17H25NO2.C16H24N2O2/c1-4-13-6-8-14(9-7-13)17(19)18-15-10-5-12(2)16(11-15)20-3;1-6-14-11(2)9-13(10-15(14)12(3)19)16(20)17-7-8-18(4)5/h5,10-11,13-14H,4,6-9H2,1-3H3,(H,18,19);9-10H,6-8H2,1-5H3,(H,17,20). The average Bonchev–Trinajstić information content (AvgIpc) is 2.93. The molecule has 0 atom stereocenters. The third kappa shape index (κ3) is 9.77. The number of hydrogen-bond acceptors (Lipinski definition) is 5. The molecule has 1 aliphatic rings. The van der Waals surface area contributed by atoms with Gasteiger partial charge in [-0.2, -0.15) is 0 Å². The van der Waals surface area contributed by atoms with Crippen LogP contribution < -0.4 is 15.4 Å². The number of aryl methyl sites for hydroxylation is 2. The molecule has 2 aromatic rings. The highest BCUT2D eigenvalue weighted by molar-refractivity contribution is 6.01. The lowest BCUT2D eigenvalue weighted by Gasteiger charge is -2.27. The quantitative estimate of drug-likeness (QED) is 0.343. The van der Waals surface area contributed by atoms with Gasteiger partial charge in [-0.1, -0.05) is 26.3 Å². The van der Waals surface area contributed by atoms with Crippen LogP contribution in [0.25, 0.3) is 0 Å². The molecule has 7 nitrogen and oxygen atoms in total. The molecule has 1 saturated carbocycles. The fourth-order valence-corrected chi connectivity index (χ4v) is 5.20. The van der Waals surface area contributed by atoms with E-state index in [1.54, 1.807) is 20.1 Å². The molecule has 2 aromatic carbocycles. The van der Waals surface area contributed by atoms with Crippen LogP contribution in [0.5, 0.6) is 5.75 Å². The number of hydrogen-bond donors (Lipinski definition) is 2. The van der Waals surface area contributed by atoms with E-state index in [1.165, 1.54) is 19.3 Å². The normalized spacial score (nSPS) is 16.5. The molecular weight excluding hydrogens is 502 g/mol. The molecular formula is C33H49N3O4. The number of nitrogens with one attached hydrogen (secondary N) is 2. The Morgan fingerprint density at radius 3 is 2.20 bits per heavy atom. The number of ketones is 1. The number of methoxy groups -OCH3 is 1. The van der Waals surface area contributed by atoms with E-state index in [9.17, 15) is 14.4 Å². The number of nitrogens with zero attached hydrogens (tertiary/aromatic N) is 1. The SMILES string of the molecule is CCC1CCC(C(=O)Nc2ccc(C)c(OC)c2)CC1.CCc1c(C)cc(C(=O)NCCN(C)C)cc1C(C)=O. The van der Waals surface area contributed by atoms with Crippen LogP contribution in [-0.2, 0) is 11.2 Å². The molecule has 0 unspecified atom stereocenters. The van der Waals surface area contributed by atoms with Crippen molar-refractivity contribution in [2.75, 3.05) is 39.6 Å². The van der Waals surface area contributed by atoms with Gasteiger partial charge in [-0.25, -0.2) is 0 Å². The molecule has 220 valence electrons. The van der Waals surface area contributed by atoms with Crippen molar-refractivity contribution >= 4 is 23.3 Å². The molecule has 0 spiro atoms. The molecule has 0 heterocycles. The number of amides is 2. The van der Waals surface area contributed by atoms with Gasteiger partial charge >= 0.3 is 0 Å². The number of carbonyl (C=O) groups is 3. The molecule has 1 fully saturated rings. The fourth-order valence-electron chi connectivity index (χ4n) is 5.20. The van der Waals surface area contributed by atoms with Crippen LogP contribution in [0.15, 0.2) is 30.3 Å². The van der Waals surface area contributed by atoms with Crippen LogP contribution in [0.2, 0.25) is 0 Å². The lowest BCUT2D eigenvalue weighted by atomic mass is 9.80. The van der Waals surface area contributed by atoms with Crippen molar-refractivity contribution in [1.82, 2.24) is 10.2 Å². The van der Waals surface area contributed by atoms with Crippen LogP contribution in [0.3, 0.4) is 0 Å². The highest BCUT2D eigenvalue weighted by Crippen LogP contribution is 2.32. The Balaban J connectivity index is 0.000000280. The molecule has 7 heteroatoms. The van der Waals surface area contributed by atoms with Crippen molar-refractivity contribution in [2.45, 2.75) is 73.1 Å². The first-order valence-corrected chi connectivity index (χ1v) is 14.5. The smallest absolute Gasteiger partial charge is 0.251 e. The van der Waals surface area contributed by atoms with E-state index in [-0.39, 0.29) is 23.5 Å². The van der Waals surface area contributed by atoms with Gasteiger partial charge in [0.2, 0.25) is 5.91 Å². The van der Waals surface area contributed by atoms with Crippen LogP contribution >= 0.6 is 0 Å². The summed E-state index contributed by atoms with van der Waals surface area (Å²) in [5, 5.41) is 5.90. The van der Waals surface area contributed by atoms with Crippen LogP contribution in [0, 0.1) is 25.7 Å². The summed E-state index contributed by atoms with van der Waals surface area (Å²) >= 11 is 0. The first-order chi connectivity index (χ1) is 19.0. The number of ether oxygens (including phenoxy) is 1. The Morgan fingerprint density at radius 1 is 0.975 bits per heavy atom. The summed E-state index contributed by atoms with van der Waals surface area (Å²) in [5.74, 6) is 1.85. The molecule has 3 rings (SSSR count). The minimum Gasteiger partial charge on any atom is -0.496 e. The Labute approximate surface area is 241 Å². The van der Waals surface area contributed by atoms with E-state index in [0.717, 1.165) is 59.9 Å². The number of likely N-dealkylation sites (N-methyl/N-ethyl adjacent to an activating group) is 1. The molecule has 0 aromatic heterocycles. The van der Waals surface area contributed by atoms with Gasteiger partial charge in [0.15, 0.2) is 5.78 Å². The molecule has 0 saturated heterocycles. The lowest BCUT2D eigenvalue weighted by molar-refractivity contribution is -0.121. The minimum atomic E-state index is -0.125. The maximum Gasteiger partial charge on any atom is 0.251 e. The first kappa shape index (κ1) is 33.0. The summed E-state index contributed by atoms with van der Waals surface area (Å²) in [4.78, 5) is 38.1. The molecule has 1 aliphatic carbocycles. The van der Waals surface area contributed by atoms with Gasteiger partial charge in [0.05, 0.1) is 7.11 Å². The van der Waals surface area contributed by atoms with Gasteiger partial charge in [0, 0.05) is 41.9 Å². The molecule has 0 bridgehead atoms. The lowest BCUT2D eigenvalue weighted by Crippen LogP contribution is -2.31. The van der Waals surface area contributed by atoms with E-state index >= 15 is 0 Å². The maximum atomic E-state index is 12.3. The molecule has 0 aliphatic heterocycles. The fraction of sp³-hybridized carbons (Fsp3) is 0.545. The number of benzene rings is 2. The second-order valence-corrected chi connectivity index (χ2v) is 11.1. The largest absolute Gasteiger partial charge is 0.496 e. The Hall–Kier alpha value is -3.19. The topological polar surface area (TPSA) is 87.7 Å². The zero-order valence-corrected chi connectivity index (χ0v) is 25.8. The summed E-state index contributed by atoms with van der Waals surface area (Å²) in [6, 6.07) is 9.37. The van der Waals surface area contributed by atoms with E-state index < -0.39 is 0 Å². The average molecular weight is 552 g/mol. The maximum absolute atomic E-state index is 12.3. The monoisotopic (exact) mass is 551 g/mol.